The van der Waals surface area contributed by atoms with E-state index in [0.717, 1.165) is 0 Å². The largest absolute Gasteiger partial charge is 0.309 e. The first-order valence-corrected chi connectivity index (χ1v) is 7.95. The van der Waals surface area contributed by atoms with Crippen LogP contribution < -0.4 is 5.32 Å². The summed E-state index contributed by atoms with van der Waals surface area (Å²) in [6.07, 6.45) is 0. The molecule has 1 aliphatic rings. The molecule has 0 spiro atoms. The minimum absolute atomic E-state index is 0.00451. The first-order valence-electron chi connectivity index (χ1n) is 5.63. The van der Waals surface area contributed by atoms with Crippen LogP contribution in [0, 0.1) is 0 Å². The third-order valence-electron chi connectivity index (χ3n) is 2.98. The average Bonchev–Trinajstić information content (AvgIpc) is 2.75. The average molecular weight is 274 g/mol. The lowest BCUT2D eigenvalue weighted by Crippen LogP contribution is -2.61. The second kappa shape index (κ2) is 4.35. The lowest BCUT2D eigenvalue weighted by atomic mass is 10.0. The summed E-state index contributed by atoms with van der Waals surface area (Å²) < 4.78 is 26.9. The third kappa shape index (κ3) is 2.54. The van der Waals surface area contributed by atoms with Gasteiger partial charge >= 0.3 is 0 Å². The van der Waals surface area contributed by atoms with Crippen LogP contribution in [-0.2, 0) is 10.0 Å². The maximum Gasteiger partial charge on any atom is 0.252 e. The van der Waals surface area contributed by atoms with Crippen LogP contribution in [0.1, 0.15) is 20.8 Å². The number of rotatable bonds is 2. The van der Waals surface area contributed by atoms with E-state index in [0.29, 0.717) is 17.3 Å². The molecule has 1 aromatic heterocycles. The summed E-state index contributed by atoms with van der Waals surface area (Å²) in [5.41, 5.74) is -0.170. The minimum Gasteiger partial charge on any atom is -0.309 e. The van der Waals surface area contributed by atoms with Crippen LogP contribution in [0.3, 0.4) is 0 Å². The molecule has 1 unspecified atom stereocenters. The molecule has 1 atom stereocenters. The summed E-state index contributed by atoms with van der Waals surface area (Å²) in [5.74, 6) is 0. The molecule has 1 aliphatic heterocycles. The molecule has 0 saturated carbocycles. The highest BCUT2D eigenvalue weighted by atomic mass is 32.2. The Morgan fingerprint density at radius 2 is 2.24 bits per heavy atom. The van der Waals surface area contributed by atoms with Gasteiger partial charge in [0.15, 0.2) is 0 Å². The number of sulfonamides is 1. The maximum atomic E-state index is 12.5. The van der Waals surface area contributed by atoms with Crippen molar-refractivity contribution in [1.29, 1.82) is 0 Å². The summed E-state index contributed by atoms with van der Waals surface area (Å²) in [7, 11) is -3.33. The maximum absolute atomic E-state index is 12.5. The van der Waals surface area contributed by atoms with Crippen molar-refractivity contribution in [2.24, 2.45) is 0 Å². The Hall–Kier alpha value is -0.430. The molecule has 0 aromatic carbocycles. The molecule has 1 saturated heterocycles. The zero-order valence-electron chi connectivity index (χ0n) is 10.3. The van der Waals surface area contributed by atoms with E-state index < -0.39 is 10.0 Å². The van der Waals surface area contributed by atoms with E-state index >= 15 is 0 Å². The molecule has 4 nitrogen and oxygen atoms in total. The monoisotopic (exact) mass is 274 g/mol. The van der Waals surface area contributed by atoms with Gasteiger partial charge in [0, 0.05) is 24.7 Å². The Bertz CT molecular complexity index is 480. The second-order valence-corrected chi connectivity index (χ2v) is 8.16. The summed E-state index contributed by atoms with van der Waals surface area (Å²) in [6.45, 7) is 7.19. The number of hydrogen-bond donors (Lipinski definition) is 1. The van der Waals surface area contributed by atoms with Gasteiger partial charge in [0.25, 0.3) is 10.0 Å². The highest BCUT2D eigenvalue weighted by Gasteiger charge is 2.38. The minimum atomic E-state index is -3.33. The van der Waals surface area contributed by atoms with Gasteiger partial charge in [-0.05, 0) is 32.2 Å². The first kappa shape index (κ1) is 13.0. The Morgan fingerprint density at radius 3 is 2.82 bits per heavy atom. The lowest BCUT2D eigenvalue weighted by Gasteiger charge is -2.42. The second-order valence-electron chi connectivity index (χ2n) is 5.10. The predicted molar refractivity (Wildman–Crippen MR) is 69.8 cm³/mol. The molecule has 1 fully saturated rings. The number of thiophene rings is 1. The van der Waals surface area contributed by atoms with Gasteiger partial charge in [0.1, 0.15) is 4.21 Å². The summed E-state index contributed by atoms with van der Waals surface area (Å²) >= 11 is 1.28. The molecule has 6 heteroatoms. The van der Waals surface area contributed by atoms with Gasteiger partial charge in [-0.3, -0.25) is 0 Å². The number of nitrogens with zero attached hydrogens (tertiary/aromatic N) is 1. The predicted octanol–water partition coefficient (Wildman–Crippen LogP) is 1.51. The van der Waals surface area contributed by atoms with Crippen LogP contribution in [0.15, 0.2) is 21.7 Å². The van der Waals surface area contributed by atoms with Crippen molar-refractivity contribution < 1.29 is 8.42 Å². The van der Waals surface area contributed by atoms with Crippen LogP contribution in [0.25, 0.3) is 0 Å². The fraction of sp³-hybridized carbons (Fsp3) is 0.636. The van der Waals surface area contributed by atoms with Gasteiger partial charge in [0.05, 0.1) is 0 Å². The van der Waals surface area contributed by atoms with Gasteiger partial charge in [0.2, 0.25) is 0 Å². The molecule has 1 aromatic rings. The highest BCUT2D eigenvalue weighted by Crippen LogP contribution is 2.26. The molecule has 0 bridgehead atoms. The Morgan fingerprint density at radius 1 is 1.53 bits per heavy atom. The molecular weight excluding hydrogens is 256 g/mol. The van der Waals surface area contributed by atoms with Crippen molar-refractivity contribution in [2.75, 3.05) is 13.1 Å². The Balaban J connectivity index is 2.32. The lowest BCUT2D eigenvalue weighted by molar-refractivity contribution is 0.185. The van der Waals surface area contributed by atoms with Crippen molar-refractivity contribution in [3.63, 3.8) is 0 Å². The Kier molecular flexibility index (Phi) is 3.33. The fourth-order valence-corrected chi connectivity index (χ4v) is 4.89. The van der Waals surface area contributed by atoms with E-state index in [2.05, 4.69) is 5.32 Å². The molecule has 2 heterocycles. The quantitative estimate of drug-likeness (QED) is 0.889. The first-order chi connectivity index (χ1) is 7.83. The van der Waals surface area contributed by atoms with Crippen molar-refractivity contribution in [3.05, 3.63) is 17.5 Å². The van der Waals surface area contributed by atoms with E-state index in [1.54, 1.807) is 21.8 Å². The normalized spacial score (nSPS) is 25.9. The summed E-state index contributed by atoms with van der Waals surface area (Å²) in [6, 6.07) is 3.44. The Labute approximate surface area is 107 Å². The van der Waals surface area contributed by atoms with Crippen molar-refractivity contribution in [3.8, 4) is 0 Å². The van der Waals surface area contributed by atoms with Gasteiger partial charge in [-0.25, -0.2) is 8.42 Å². The highest BCUT2D eigenvalue weighted by molar-refractivity contribution is 7.91. The smallest absolute Gasteiger partial charge is 0.252 e. The van der Waals surface area contributed by atoms with E-state index in [4.69, 9.17) is 0 Å². The van der Waals surface area contributed by atoms with E-state index in [1.807, 2.05) is 20.8 Å². The van der Waals surface area contributed by atoms with Crippen molar-refractivity contribution in [2.45, 2.75) is 36.6 Å². The zero-order valence-corrected chi connectivity index (χ0v) is 11.9. The fourth-order valence-electron chi connectivity index (χ4n) is 1.97. The molecule has 1 N–H and O–H groups in total. The topological polar surface area (TPSA) is 49.4 Å². The van der Waals surface area contributed by atoms with Crippen LogP contribution in [0.4, 0.5) is 0 Å². The third-order valence-corrected chi connectivity index (χ3v) is 6.31. The number of hydrogen-bond acceptors (Lipinski definition) is 4. The molecule has 2 rings (SSSR count). The number of piperazine rings is 1. The van der Waals surface area contributed by atoms with Crippen molar-refractivity contribution in [1.82, 2.24) is 9.62 Å². The molecule has 0 radical (unpaired) electrons. The molecule has 17 heavy (non-hydrogen) atoms. The molecular formula is C11H18N2O2S2. The molecule has 0 aliphatic carbocycles. The summed E-state index contributed by atoms with van der Waals surface area (Å²) in [5, 5.41) is 5.15. The SMILES string of the molecule is CC1CNC(C)(C)CN1S(=O)(=O)c1cccs1. The van der Waals surface area contributed by atoms with Gasteiger partial charge in [-0.1, -0.05) is 6.07 Å². The van der Waals surface area contributed by atoms with E-state index in [9.17, 15) is 8.42 Å². The van der Waals surface area contributed by atoms with E-state index in [-0.39, 0.29) is 11.6 Å². The van der Waals surface area contributed by atoms with Crippen LogP contribution >= 0.6 is 11.3 Å². The van der Waals surface area contributed by atoms with Crippen LogP contribution in [0.5, 0.6) is 0 Å². The number of nitrogens with one attached hydrogen (secondary N) is 1. The van der Waals surface area contributed by atoms with Gasteiger partial charge in [-0.15, -0.1) is 11.3 Å². The molecule has 96 valence electrons. The van der Waals surface area contributed by atoms with Gasteiger partial charge in [-0.2, -0.15) is 4.31 Å². The standard InChI is InChI=1S/C11H18N2O2S2/c1-9-7-12-11(2,3)8-13(9)17(14,15)10-5-4-6-16-10/h4-6,9,12H,7-8H2,1-3H3. The molecule has 0 amide bonds. The summed E-state index contributed by atoms with van der Waals surface area (Å²) in [4.78, 5) is 0. The van der Waals surface area contributed by atoms with Crippen LogP contribution in [0.2, 0.25) is 0 Å². The zero-order chi connectivity index (χ0) is 12.7. The van der Waals surface area contributed by atoms with Crippen molar-refractivity contribution >= 4 is 21.4 Å². The van der Waals surface area contributed by atoms with Gasteiger partial charge < -0.3 is 5.32 Å². The van der Waals surface area contributed by atoms with E-state index in [1.165, 1.54) is 11.3 Å². The van der Waals surface area contributed by atoms with Crippen LogP contribution in [-0.4, -0.2) is 37.4 Å².